The summed E-state index contributed by atoms with van der Waals surface area (Å²) >= 11 is 1.13. The standard InChI is InChI=1S/C12H13N5O2S/c1-8-11(20-16-15-8)12(18)17-5-2-9(7-17)19-10-6-13-3-4-14-10/h3-4,6,9H,2,5,7H2,1H3/t9-/m1/s1. The molecule has 0 bridgehead atoms. The summed E-state index contributed by atoms with van der Waals surface area (Å²) in [5.41, 5.74) is 0.679. The van der Waals surface area contributed by atoms with Crippen molar-refractivity contribution in [2.45, 2.75) is 19.4 Å². The van der Waals surface area contributed by atoms with Crippen LogP contribution in [0, 0.1) is 6.92 Å². The second kappa shape index (κ2) is 5.49. The molecule has 0 spiro atoms. The Balaban J connectivity index is 1.62. The average molecular weight is 291 g/mol. The van der Waals surface area contributed by atoms with E-state index in [4.69, 9.17) is 4.74 Å². The van der Waals surface area contributed by atoms with Crippen molar-refractivity contribution in [3.63, 3.8) is 0 Å². The van der Waals surface area contributed by atoms with Gasteiger partial charge < -0.3 is 9.64 Å². The molecule has 0 saturated carbocycles. The Labute approximate surface area is 119 Å². The van der Waals surface area contributed by atoms with E-state index in [2.05, 4.69) is 19.6 Å². The van der Waals surface area contributed by atoms with Gasteiger partial charge in [-0.3, -0.25) is 9.78 Å². The van der Waals surface area contributed by atoms with Gasteiger partial charge in [0, 0.05) is 25.4 Å². The lowest BCUT2D eigenvalue weighted by Gasteiger charge is -2.15. The predicted octanol–water partition coefficient (Wildman–Crippen LogP) is 0.930. The number of hydrogen-bond donors (Lipinski definition) is 0. The van der Waals surface area contributed by atoms with Crippen molar-refractivity contribution < 1.29 is 9.53 Å². The topological polar surface area (TPSA) is 81.1 Å². The normalized spacial score (nSPS) is 18.2. The number of rotatable bonds is 3. The van der Waals surface area contributed by atoms with E-state index in [0.717, 1.165) is 18.0 Å². The van der Waals surface area contributed by atoms with Gasteiger partial charge in [-0.15, -0.1) is 5.10 Å². The molecule has 0 radical (unpaired) electrons. The monoisotopic (exact) mass is 291 g/mol. The second-order valence-electron chi connectivity index (χ2n) is 4.51. The molecular weight excluding hydrogens is 278 g/mol. The highest BCUT2D eigenvalue weighted by Crippen LogP contribution is 2.20. The summed E-state index contributed by atoms with van der Waals surface area (Å²) in [6.07, 6.45) is 5.49. The van der Waals surface area contributed by atoms with E-state index >= 15 is 0 Å². The quantitative estimate of drug-likeness (QED) is 0.837. The van der Waals surface area contributed by atoms with Crippen molar-refractivity contribution in [1.29, 1.82) is 0 Å². The van der Waals surface area contributed by atoms with Gasteiger partial charge in [0.25, 0.3) is 5.91 Å². The largest absolute Gasteiger partial charge is 0.471 e. The number of carbonyl (C=O) groups excluding carboxylic acids is 1. The van der Waals surface area contributed by atoms with Crippen LogP contribution in [0.2, 0.25) is 0 Å². The van der Waals surface area contributed by atoms with E-state index in [1.807, 2.05) is 0 Å². The van der Waals surface area contributed by atoms with Gasteiger partial charge in [0.15, 0.2) is 0 Å². The van der Waals surface area contributed by atoms with Crippen LogP contribution in [-0.4, -0.2) is 49.6 Å². The second-order valence-corrected chi connectivity index (χ2v) is 5.26. The first-order chi connectivity index (χ1) is 9.74. The van der Waals surface area contributed by atoms with Crippen LogP contribution in [0.1, 0.15) is 21.8 Å². The maximum absolute atomic E-state index is 12.3. The highest BCUT2D eigenvalue weighted by Gasteiger charge is 2.30. The Morgan fingerprint density at radius 3 is 3.10 bits per heavy atom. The van der Waals surface area contributed by atoms with E-state index in [1.165, 1.54) is 0 Å². The van der Waals surface area contributed by atoms with Crippen LogP contribution in [0.3, 0.4) is 0 Å². The van der Waals surface area contributed by atoms with Crippen LogP contribution in [0.25, 0.3) is 0 Å². The molecule has 7 nitrogen and oxygen atoms in total. The number of likely N-dealkylation sites (tertiary alicyclic amines) is 1. The molecule has 3 rings (SSSR count). The van der Waals surface area contributed by atoms with Gasteiger partial charge in [-0.05, 0) is 18.5 Å². The summed E-state index contributed by atoms with van der Waals surface area (Å²) in [7, 11) is 0. The maximum atomic E-state index is 12.3. The number of ether oxygens (including phenoxy) is 1. The van der Waals surface area contributed by atoms with Gasteiger partial charge in [0.2, 0.25) is 5.88 Å². The molecule has 1 amide bonds. The summed E-state index contributed by atoms with van der Waals surface area (Å²) in [4.78, 5) is 22.7. The van der Waals surface area contributed by atoms with E-state index in [1.54, 1.807) is 30.4 Å². The summed E-state index contributed by atoms with van der Waals surface area (Å²) < 4.78 is 9.50. The number of amides is 1. The summed E-state index contributed by atoms with van der Waals surface area (Å²) in [5.74, 6) is 0.463. The Morgan fingerprint density at radius 2 is 2.40 bits per heavy atom. The van der Waals surface area contributed by atoms with E-state index in [0.29, 0.717) is 29.5 Å². The van der Waals surface area contributed by atoms with Crippen molar-refractivity contribution in [3.8, 4) is 5.88 Å². The Kier molecular flexibility index (Phi) is 3.55. The minimum absolute atomic E-state index is 0.0252. The van der Waals surface area contributed by atoms with Crippen molar-refractivity contribution in [3.05, 3.63) is 29.2 Å². The minimum atomic E-state index is -0.0446. The lowest BCUT2D eigenvalue weighted by molar-refractivity contribution is 0.0775. The molecule has 1 aliphatic heterocycles. The third-order valence-electron chi connectivity index (χ3n) is 3.10. The predicted molar refractivity (Wildman–Crippen MR) is 71.6 cm³/mol. The van der Waals surface area contributed by atoms with E-state index in [9.17, 15) is 4.79 Å². The van der Waals surface area contributed by atoms with Gasteiger partial charge in [0.05, 0.1) is 18.4 Å². The van der Waals surface area contributed by atoms with E-state index < -0.39 is 0 Å². The number of hydrogen-bond acceptors (Lipinski definition) is 7. The zero-order valence-electron chi connectivity index (χ0n) is 10.9. The highest BCUT2D eigenvalue weighted by molar-refractivity contribution is 7.07. The minimum Gasteiger partial charge on any atom is -0.471 e. The Bertz CT molecular complexity index is 603. The van der Waals surface area contributed by atoms with Gasteiger partial charge in [-0.1, -0.05) is 4.49 Å². The fourth-order valence-electron chi connectivity index (χ4n) is 2.10. The fourth-order valence-corrected chi connectivity index (χ4v) is 2.72. The molecule has 1 atom stereocenters. The number of nitrogens with zero attached hydrogens (tertiary/aromatic N) is 5. The average Bonchev–Trinajstić information content (AvgIpc) is 3.08. The SMILES string of the molecule is Cc1nnsc1C(=O)N1CC[C@@H](Oc2cnccn2)C1. The van der Waals surface area contributed by atoms with E-state index in [-0.39, 0.29) is 12.0 Å². The molecule has 1 saturated heterocycles. The third kappa shape index (κ3) is 2.60. The molecule has 3 heterocycles. The molecule has 0 aromatic carbocycles. The molecule has 2 aromatic rings. The summed E-state index contributed by atoms with van der Waals surface area (Å²) in [6.45, 7) is 3.01. The number of carbonyl (C=O) groups is 1. The van der Waals surface area contributed by atoms with Crippen molar-refractivity contribution in [1.82, 2.24) is 24.5 Å². The van der Waals surface area contributed by atoms with Crippen LogP contribution in [0.4, 0.5) is 0 Å². The van der Waals surface area contributed by atoms with Gasteiger partial charge >= 0.3 is 0 Å². The molecule has 2 aromatic heterocycles. The summed E-state index contributed by atoms with van der Waals surface area (Å²) in [5, 5.41) is 3.87. The van der Waals surface area contributed by atoms with Gasteiger partial charge in [-0.2, -0.15) is 0 Å². The van der Waals surface area contributed by atoms with Crippen LogP contribution in [0.5, 0.6) is 5.88 Å². The molecule has 20 heavy (non-hydrogen) atoms. The third-order valence-corrected chi connectivity index (χ3v) is 3.92. The Hall–Kier alpha value is -2.09. The summed E-state index contributed by atoms with van der Waals surface area (Å²) in [6, 6.07) is 0. The molecule has 104 valence electrons. The van der Waals surface area contributed by atoms with Crippen LogP contribution < -0.4 is 4.74 Å². The highest BCUT2D eigenvalue weighted by atomic mass is 32.1. The lowest BCUT2D eigenvalue weighted by atomic mass is 10.3. The molecule has 0 unspecified atom stereocenters. The molecule has 0 N–H and O–H groups in total. The molecule has 1 aliphatic rings. The molecule has 1 fully saturated rings. The fraction of sp³-hybridized carbons (Fsp3) is 0.417. The first kappa shape index (κ1) is 12.9. The Morgan fingerprint density at radius 1 is 1.50 bits per heavy atom. The van der Waals surface area contributed by atoms with Crippen LogP contribution in [0.15, 0.2) is 18.6 Å². The van der Waals surface area contributed by atoms with Crippen molar-refractivity contribution in [2.24, 2.45) is 0 Å². The maximum Gasteiger partial charge on any atom is 0.267 e. The van der Waals surface area contributed by atoms with Gasteiger partial charge in [-0.25, -0.2) is 4.98 Å². The van der Waals surface area contributed by atoms with Crippen molar-refractivity contribution >= 4 is 17.4 Å². The van der Waals surface area contributed by atoms with Crippen molar-refractivity contribution in [2.75, 3.05) is 13.1 Å². The number of aryl methyl sites for hydroxylation is 1. The molecular formula is C12H13N5O2S. The lowest BCUT2D eigenvalue weighted by Crippen LogP contribution is -2.30. The zero-order valence-corrected chi connectivity index (χ0v) is 11.7. The molecule has 8 heteroatoms. The first-order valence-electron chi connectivity index (χ1n) is 6.25. The first-order valence-corrected chi connectivity index (χ1v) is 7.02. The smallest absolute Gasteiger partial charge is 0.267 e. The van der Waals surface area contributed by atoms with Crippen LogP contribution in [-0.2, 0) is 0 Å². The zero-order chi connectivity index (χ0) is 13.9. The number of aromatic nitrogens is 4. The van der Waals surface area contributed by atoms with Crippen LogP contribution >= 0.6 is 11.5 Å². The molecule has 0 aliphatic carbocycles. The van der Waals surface area contributed by atoms with Gasteiger partial charge in [0.1, 0.15) is 11.0 Å².